The molecule has 1 aromatic rings. The Morgan fingerprint density at radius 1 is 1.75 bits per heavy atom. The summed E-state index contributed by atoms with van der Waals surface area (Å²) < 4.78 is 5.09. The smallest absolute Gasteiger partial charge is 0.328 e. The second-order valence-corrected chi connectivity index (χ2v) is 3.89. The maximum atomic E-state index is 10.9. The highest BCUT2D eigenvalue weighted by Gasteiger charge is 2.17. The molecule has 3 nitrogen and oxygen atoms in total. The van der Waals surface area contributed by atoms with Crippen LogP contribution in [0.3, 0.4) is 0 Å². The minimum absolute atomic E-state index is 0.450. The van der Waals surface area contributed by atoms with Crippen LogP contribution in [0.5, 0.6) is 0 Å². The zero-order valence-electron chi connectivity index (χ0n) is 6.41. The molecule has 12 heavy (non-hydrogen) atoms. The summed E-state index contributed by atoms with van der Waals surface area (Å²) in [7, 11) is 1.30. The van der Waals surface area contributed by atoms with Crippen molar-refractivity contribution < 1.29 is 9.53 Å². The van der Waals surface area contributed by atoms with Crippen LogP contribution in [0, 0.1) is 0 Å². The zero-order valence-corrected chi connectivity index (χ0v) is 7.98. The standard InChI is InChI=1S/C7H8ClNO2S/c1-11-7(10)6(9)4-2-3-5(8)12-4/h2-3,6H,9H2,1H3/t6-/m1/s1. The highest BCUT2D eigenvalue weighted by Crippen LogP contribution is 2.26. The van der Waals surface area contributed by atoms with E-state index in [1.165, 1.54) is 18.4 Å². The third kappa shape index (κ3) is 1.97. The number of nitrogens with two attached hydrogens (primary N) is 1. The average molecular weight is 206 g/mol. The van der Waals surface area contributed by atoms with Crippen molar-refractivity contribution >= 4 is 28.9 Å². The molecule has 0 bridgehead atoms. The Kier molecular flexibility index (Phi) is 3.08. The highest BCUT2D eigenvalue weighted by atomic mass is 35.5. The Hall–Kier alpha value is -0.580. The van der Waals surface area contributed by atoms with Crippen molar-refractivity contribution in [2.75, 3.05) is 7.11 Å². The van der Waals surface area contributed by atoms with Crippen molar-refractivity contribution in [1.82, 2.24) is 0 Å². The summed E-state index contributed by atoms with van der Waals surface area (Å²) in [5.41, 5.74) is 5.54. The summed E-state index contributed by atoms with van der Waals surface area (Å²) in [4.78, 5) is 11.7. The number of esters is 1. The van der Waals surface area contributed by atoms with Gasteiger partial charge in [-0.25, -0.2) is 4.79 Å². The van der Waals surface area contributed by atoms with Gasteiger partial charge in [-0.15, -0.1) is 11.3 Å². The molecule has 0 saturated carbocycles. The summed E-state index contributed by atoms with van der Waals surface area (Å²) >= 11 is 6.94. The van der Waals surface area contributed by atoms with Gasteiger partial charge in [-0.3, -0.25) is 0 Å². The molecule has 1 atom stereocenters. The van der Waals surface area contributed by atoms with Crippen LogP contribution in [0.4, 0.5) is 0 Å². The van der Waals surface area contributed by atoms with E-state index in [2.05, 4.69) is 4.74 Å². The summed E-state index contributed by atoms with van der Waals surface area (Å²) in [6.07, 6.45) is 0. The molecular formula is C7H8ClNO2S. The number of ether oxygens (including phenoxy) is 1. The molecule has 66 valence electrons. The minimum Gasteiger partial charge on any atom is -0.468 e. The number of hydrogen-bond acceptors (Lipinski definition) is 4. The number of carbonyl (C=O) groups excluding carboxylic acids is 1. The summed E-state index contributed by atoms with van der Waals surface area (Å²) in [6.45, 7) is 0. The Balaban J connectivity index is 2.77. The number of rotatable bonds is 2. The quantitative estimate of drug-likeness (QED) is 0.746. The van der Waals surface area contributed by atoms with Gasteiger partial charge in [-0.05, 0) is 12.1 Å². The molecular weight excluding hydrogens is 198 g/mol. The highest BCUT2D eigenvalue weighted by molar-refractivity contribution is 7.16. The van der Waals surface area contributed by atoms with Gasteiger partial charge in [0, 0.05) is 4.88 Å². The minimum atomic E-state index is -0.715. The van der Waals surface area contributed by atoms with Gasteiger partial charge in [-0.2, -0.15) is 0 Å². The molecule has 5 heteroatoms. The van der Waals surface area contributed by atoms with E-state index >= 15 is 0 Å². The van der Waals surface area contributed by atoms with E-state index < -0.39 is 12.0 Å². The lowest BCUT2D eigenvalue weighted by Gasteiger charge is -2.05. The first kappa shape index (κ1) is 9.51. The van der Waals surface area contributed by atoms with Gasteiger partial charge in [0.25, 0.3) is 0 Å². The van der Waals surface area contributed by atoms with Gasteiger partial charge in [0.15, 0.2) is 0 Å². The number of thiophene rings is 1. The van der Waals surface area contributed by atoms with Gasteiger partial charge in [0.1, 0.15) is 6.04 Å². The number of carbonyl (C=O) groups is 1. The zero-order chi connectivity index (χ0) is 9.14. The topological polar surface area (TPSA) is 52.3 Å². The largest absolute Gasteiger partial charge is 0.468 e. The van der Waals surface area contributed by atoms with Gasteiger partial charge >= 0.3 is 5.97 Å². The fraction of sp³-hybridized carbons (Fsp3) is 0.286. The van der Waals surface area contributed by atoms with Crippen LogP contribution in [0.25, 0.3) is 0 Å². The maximum Gasteiger partial charge on any atom is 0.328 e. The number of methoxy groups -OCH3 is 1. The lowest BCUT2D eigenvalue weighted by molar-refractivity contribution is -0.142. The number of halogens is 1. The molecule has 0 aromatic carbocycles. The molecule has 0 fully saturated rings. The van der Waals surface area contributed by atoms with Crippen molar-refractivity contribution in [2.24, 2.45) is 5.73 Å². The van der Waals surface area contributed by atoms with Crippen molar-refractivity contribution in [3.05, 3.63) is 21.3 Å². The normalized spacial score (nSPS) is 12.6. The van der Waals surface area contributed by atoms with E-state index in [9.17, 15) is 4.79 Å². The third-order valence-corrected chi connectivity index (χ3v) is 2.67. The molecule has 0 radical (unpaired) electrons. The summed E-state index contributed by atoms with van der Waals surface area (Å²) in [5.74, 6) is -0.450. The molecule has 1 heterocycles. The van der Waals surface area contributed by atoms with E-state index in [0.29, 0.717) is 9.21 Å². The van der Waals surface area contributed by atoms with Crippen molar-refractivity contribution in [2.45, 2.75) is 6.04 Å². The Morgan fingerprint density at radius 3 is 2.83 bits per heavy atom. The summed E-state index contributed by atoms with van der Waals surface area (Å²) in [5, 5.41) is 0. The maximum absolute atomic E-state index is 10.9. The van der Waals surface area contributed by atoms with Gasteiger partial charge < -0.3 is 10.5 Å². The Labute approximate surface area is 79.1 Å². The molecule has 0 unspecified atom stereocenters. The molecule has 0 amide bonds. The van der Waals surface area contributed by atoms with E-state index in [4.69, 9.17) is 17.3 Å². The monoisotopic (exact) mass is 205 g/mol. The SMILES string of the molecule is COC(=O)[C@H](N)c1ccc(Cl)s1. The lowest BCUT2D eigenvalue weighted by atomic mass is 10.3. The van der Waals surface area contributed by atoms with Gasteiger partial charge in [-0.1, -0.05) is 11.6 Å². The van der Waals surface area contributed by atoms with E-state index in [0.717, 1.165) is 0 Å². The first-order valence-electron chi connectivity index (χ1n) is 3.24. The van der Waals surface area contributed by atoms with E-state index in [1.54, 1.807) is 12.1 Å². The van der Waals surface area contributed by atoms with Gasteiger partial charge in [0.05, 0.1) is 11.4 Å². The van der Waals surface area contributed by atoms with Crippen molar-refractivity contribution in [3.63, 3.8) is 0 Å². The van der Waals surface area contributed by atoms with Crippen LogP contribution in [-0.4, -0.2) is 13.1 Å². The molecule has 0 aliphatic rings. The van der Waals surface area contributed by atoms with Crippen LogP contribution in [-0.2, 0) is 9.53 Å². The fourth-order valence-electron chi connectivity index (χ4n) is 0.739. The predicted octanol–water partition coefficient (Wildman–Crippen LogP) is 1.57. The second-order valence-electron chi connectivity index (χ2n) is 2.14. The van der Waals surface area contributed by atoms with Crippen molar-refractivity contribution in [1.29, 1.82) is 0 Å². The first-order chi connectivity index (χ1) is 5.65. The molecule has 0 aliphatic heterocycles. The van der Waals surface area contributed by atoms with Crippen LogP contribution < -0.4 is 5.73 Å². The molecule has 0 aliphatic carbocycles. The second kappa shape index (κ2) is 3.89. The molecule has 0 spiro atoms. The first-order valence-corrected chi connectivity index (χ1v) is 4.43. The molecule has 1 aromatic heterocycles. The lowest BCUT2D eigenvalue weighted by Crippen LogP contribution is -2.21. The van der Waals surface area contributed by atoms with Crippen molar-refractivity contribution in [3.8, 4) is 0 Å². The van der Waals surface area contributed by atoms with E-state index in [1.807, 2.05) is 0 Å². The average Bonchev–Trinajstić information content (AvgIpc) is 2.49. The van der Waals surface area contributed by atoms with Crippen LogP contribution >= 0.6 is 22.9 Å². The Bertz CT molecular complexity index is 287. The predicted molar refractivity (Wildman–Crippen MR) is 48.3 cm³/mol. The van der Waals surface area contributed by atoms with Gasteiger partial charge in [0.2, 0.25) is 0 Å². The van der Waals surface area contributed by atoms with Crippen LogP contribution in [0.15, 0.2) is 12.1 Å². The van der Waals surface area contributed by atoms with E-state index in [-0.39, 0.29) is 0 Å². The fourth-order valence-corrected chi connectivity index (χ4v) is 1.79. The van der Waals surface area contributed by atoms with Crippen LogP contribution in [0.1, 0.15) is 10.9 Å². The Morgan fingerprint density at radius 2 is 2.42 bits per heavy atom. The molecule has 1 rings (SSSR count). The third-order valence-electron chi connectivity index (χ3n) is 1.36. The van der Waals surface area contributed by atoms with Crippen LogP contribution in [0.2, 0.25) is 4.34 Å². The summed E-state index contributed by atoms with van der Waals surface area (Å²) in [6, 6.07) is 2.70. The molecule has 0 saturated heterocycles. The number of hydrogen-bond donors (Lipinski definition) is 1. The molecule has 2 N–H and O–H groups in total.